The van der Waals surface area contributed by atoms with E-state index in [4.69, 9.17) is 10.5 Å². The molecule has 11 nitrogen and oxygen atoms in total. The molecule has 4 heterocycles. The van der Waals surface area contributed by atoms with Crippen molar-refractivity contribution in [1.82, 2.24) is 24.7 Å². The Labute approximate surface area is 245 Å². The lowest BCUT2D eigenvalue weighted by Gasteiger charge is -2.34. The van der Waals surface area contributed by atoms with Crippen molar-refractivity contribution in [3.8, 4) is 28.3 Å². The lowest BCUT2D eigenvalue weighted by molar-refractivity contribution is 0.0565. The first kappa shape index (κ1) is 30.5. The molecule has 0 bridgehead atoms. The van der Waals surface area contributed by atoms with Gasteiger partial charge in [0.15, 0.2) is 5.82 Å². The fraction of sp³-hybridized carbons (Fsp3) is 0.296. The molecule has 3 N–H and O–H groups in total. The molecule has 5 rings (SSSR count). The summed E-state index contributed by atoms with van der Waals surface area (Å²) in [7, 11) is 2.53. The van der Waals surface area contributed by atoms with Crippen LogP contribution in [0.15, 0.2) is 49.1 Å². The number of halogens is 4. The lowest BCUT2D eigenvalue weighted by Crippen LogP contribution is -2.43. The number of aromatic nitrogens is 5. The van der Waals surface area contributed by atoms with E-state index in [9.17, 15) is 13.6 Å². The summed E-state index contributed by atoms with van der Waals surface area (Å²) in [5.41, 5.74) is 8.02. The van der Waals surface area contributed by atoms with E-state index in [2.05, 4.69) is 35.0 Å². The molecule has 42 heavy (non-hydrogen) atoms. The molecule has 4 aromatic rings. The minimum absolute atomic E-state index is 0. The highest BCUT2D eigenvalue weighted by Gasteiger charge is 2.23. The summed E-state index contributed by atoms with van der Waals surface area (Å²) in [6.45, 7) is -1.46. The first-order chi connectivity index (χ1) is 19.8. The topological polar surface area (TPSA) is 133 Å². The number of carbonyl (C=O) groups excluding carboxylic acids is 1. The van der Waals surface area contributed by atoms with Gasteiger partial charge in [-0.15, -0.1) is 12.4 Å². The van der Waals surface area contributed by atoms with Gasteiger partial charge < -0.3 is 25.4 Å². The quantitative estimate of drug-likeness (QED) is 0.270. The van der Waals surface area contributed by atoms with E-state index in [1.165, 1.54) is 38.9 Å². The second kappa shape index (κ2) is 13.0. The number of piperidine rings is 1. The summed E-state index contributed by atoms with van der Waals surface area (Å²) in [6.07, 6.45) is 7.41. The van der Waals surface area contributed by atoms with Crippen LogP contribution in [0.25, 0.3) is 22.5 Å². The molecule has 15 heteroatoms. The van der Waals surface area contributed by atoms with Gasteiger partial charge in [-0.3, -0.25) is 0 Å². The molecule has 0 saturated carbocycles. The number of alkyl halides is 2. The van der Waals surface area contributed by atoms with Gasteiger partial charge in [0.1, 0.15) is 23.2 Å². The van der Waals surface area contributed by atoms with Crippen LogP contribution in [0.2, 0.25) is 0 Å². The number of nitrogens with two attached hydrogens (primary N) is 1. The lowest BCUT2D eigenvalue weighted by atomic mass is 10.0. The number of hydrogen-bond acceptors (Lipinski definition) is 10. The number of methoxy groups -OCH3 is 2. The predicted octanol–water partition coefficient (Wildman–Crippen LogP) is 4.82. The van der Waals surface area contributed by atoms with E-state index in [1.54, 1.807) is 18.3 Å². The Morgan fingerprint density at radius 3 is 2.67 bits per heavy atom. The minimum Gasteiger partial charge on any atom is -0.496 e. The van der Waals surface area contributed by atoms with Gasteiger partial charge in [-0.1, -0.05) is 0 Å². The SMILES string of the molecule is COC(=O)c1cc(F)c(-c2nccc(Nc3cc(N4CCC[C@H](N)C4)c(-c4cnn(C(F)F)c4)cn3)n2)c(OC)c1.Cl. The Morgan fingerprint density at radius 1 is 1.17 bits per heavy atom. The average Bonchev–Trinajstić information content (AvgIpc) is 3.47. The number of anilines is 3. The number of carbonyl (C=O) groups is 1. The Balaban J connectivity index is 0.00000405. The van der Waals surface area contributed by atoms with Crippen LogP contribution < -0.4 is 20.7 Å². The van der Waals surface area contributed by atoms with E-state index < -0.39 is 18.3 Å². The Morgan fingerprint density at radius 2 is 1.98 bits per heavy atom. The third kappa shape index (κ3) is 6.39. The summed E-state index contributed by atoms with van der Waals surface area (Å²) in [5.74, 6) is -0.705. The summed E-state index contributed by atoms with van der Waals surface area (Å²) < 4.78 is 52.1. The highest BCUT2D eigenvalue weighted by Crippen LogP contribution is 2.36. The average molecular weight is 605 g/mol. The molecule has 1 atom stereocenters. The number of esters is 1. The van der Waals surface area contributed by atoms with E-state index in [1.807, 2.05) is 0 Å². The first-order valence-electron chi connectivity index (χ1n) is 12.7. The van der Waals surface area contributed by atoms with E-state index in [0.29, 0.717) is 34.0 Å². The smallest absolute Gasteiger partial charge is 0.338 e. The van der Waals surface area contributed by atoms with E-state index in [0.717, 1.165) is 31.1 Å². The van der Waals surface area contributed by atoms with E-state index >= 15 is 4.39 Å². The molecule has 1 saturated heterocycles. The number of benzene rings is 1. The van der Waals surface area contributed by atoms with Crippen LogP contribution in [0.5, 0.6) is 5.75 Å². The van der Waals surface area contributed by atoms with Crippen molar-refractivity contribution in [2.75, 3.05) is 37.5 Å². The Kier molecular flexibility index (Phi) is 9.48. The zero-order chi connectivity index (χ0) is 29.1. The van der Waals surface area contributed by atoms with Crippen molar-refractivity contribution in [2.45, 2.75) is 25.4 Å². The number of hydrogen-bond donors (Lipinski definition) is 2. The van der Waals surface area contributed by atoms with Crippen LogP contribution in [0.3, 0.4) is 0 Å². The number of nitrogens with zero attached hydrogens (tertiary/aromatic N) is 6. The maximum atomic E-state index is 15.1. The van der Waals surface area contributed by atoms with Gasteiger partial charge in [0.25, 0.3) is 0 Å². The van der Waals surface area contributed by atoms with Crippen LogP contribution in [0.1, 0.15) is 29.7 Å². The van der Waals surface area contributed by atoms with Crippen molar-refractivity contribution >= 4 is 35.7 Å². The van der Waals surface area contributed by atoms with Crippen LogP contribution in [0.4, 0.5) is 30.5 Å². The van der Waals surface area contributed by atoms with Gasteiger partial charge in [0.2, 0.25) is 0 Å². The molecule has 0 unspecified atom stereocenters. The van der Waals surface area contributed by atoms with Crippen molar-refractivity contribution < 1.29 is 27.4 Å². The number of pyridine rings is 1. The summed E-state index contributed by atoms with van der Waals surface area (Å²) in [5, 5.41) is 6.86. The molecular weight excluding hydrogens is 577 g/mol. The maximum absolute atomic E-state index is 15.1. The van der Waals surface area contributed by atoms with Gasteiger partial charge in [0.05, 0.1) is 31.5 Å². The molecule has 222 valence electrons. The molecule has 0 amide bonds. The third-order valence-corrected chi connectivity index (χ3v) is 6.62. The fourth-order valence-corrected chi connectivity index (χ4v) is 4.68. The zero-order valence-electron chi connectivity index (χ0n) is 22.6. The van der Waals surface area contributed by atoms with Gasteiger partial charge in [-0.25, -0.2) is 28.8 Å². The highest BCUT2D eigenvalue weighted by atomic mass is 35.5. The molecule has 1 fully saturated rings. The van der Waals surface area contributed by atoms with Gasteiger partial charge in [-0.05, 0) is 31.0 Å². The molecule has 0 radical (unpaired) electrons. The summed E-state index contributed by atoms with van der Waals surface area (Å²) >= 11 is 0. The Bertz CT molecular complexity index is 1570. The minimum atomic E-state index is -2.77. The van der Waals surface area contributed by atoms with Gasteiger partial charge >= 0.3 is 12.5 Å². The molecule has 1 aliphatic rings. The Hall–Kier alpha value is -4.43. The molecule has 3 aromatic heterocycles. The summed E-state index contributed by atoms with van der Waals surface area (Å²) in [6, 6.07) is 5.69. The number of nitrogens with one attached hydrogen (secondary N) is 1. The first-order valence-corrected chi connectivity index (χ1v) is 12.7. The number of rotatable bonds is 8. The van der Waals surface area contributed by atoms with Crippen LogP contribution in [-0.2, 0) is 4.74 Å². The predicted molar refractivity (Wildman–Crippen MR) is 152 cm³/mol. The van der Waals surface area contributed by atoms with Crippen LogP contribution in [0, 0.1) is 5.82 Å². The van der Waals surface area contributed by atoms with Gasteiger partial charge in [0, 0.05) is 60.6 Å². The van der Waals surface area contributed by atoms with Crippen LogP contribution in [-0.4, -0.2) is 64.1 Å². The normalized spacial score (nSPS) is 14.8. The molecule has 0 aliphatic carbocycles. The largest absolute Gasteiger partial charge is 0.496 e. The fourth-order valence-electron chi connectivity index (χ4n) is 4.68. The monoisotopic (exact) mass is 604 g/mol. The molecule has 0 spiro atoms. The molecular formula is C27H28ClF3N8O3. The summed E-state index contributed by atoms with van der Waals surface area (Å²) in [4.78, 5) is 27.1. The second-order valence-corrected chi connectivity index (χ2v) is 9.34. The zero-order valence-corrected chi connectivity index (χ0v) is 23.4. The maximum Gasteiger partial charge on any atom is 0.338 e. The van der Waals surface area contributed by atoms with Crippen molar-refractivity contribution in [3.63, 3.8) is 0 Å². The van der Waals surface area contributed by atoms with Crippen LogP contribution >= 0.6 is 12.4 Å². The molecule has 1 aromatic carbocycles. The number of ether oxygens (including phenoxy) is 2. The van der Waals surface area contributed by atoms with Crippen molar-refractivity contribution in [3.05, 3.63) is 60.4 Å². The molecule has 1 aliphatic heterocycles. The van der Waals surface area contributed by atoms with E-state index in [-0.39, 0.29) is 41.1 Å². The van der Waals surface area contributed by atoms with Crippen molar-refractivity contribution in [1.29, 1.82) is 0 Å². The van der Waals surface area contributed by atoms with Gasteiger partial charge in [-0.2, -0.15) is 13.9 Å². The van der Waals surface area contributed by atoms with Crippen molar-refractivity contribution in [2.24, 2.45) is 5.73 Å². The second-order valence-electron chi connectivity index (χ2n) is 9.34. The standard InChI is InChI=1S/C27H27F3N8O3.ClH/c1-40-21-9-15(26(39)41-2)8-19(28)24(21)25-32-6-5-22(36-25)35-23-10-20(37-7-3-4-17(31)14-37)18(12-33-23)16-11-34-38(13-16)27(29)30;/h5-6,8-13,17,27H,3-4,7,14,31H2,1-2H3,(H,32,33,35,36);1H/t17-;/m0./s1. The highest BCUT2D eigenvalue weighted by molar-refractivity contribution is 5.91. The third-order valence-electron chi connectivity index (χ3n) is 6.62.